The van der Waals surface area contributed by atoms with Gasteiger partial charge in [-0.3, -0.25) is 4.79 Å². The fourth-order valence-corrected chi connectivity index (χ4v) is 3.75. The third kappa shape index (κ3) is 2.41. The second kappa shape index (κ2) is 5.43. The van der Waals surface area contributed by atoms with Crippen LogP contribution in [-0.2, 0) is 4.79 Å². The molecule has 1 aliphatic heterocycles. The lowest BCUT2D eigenvalue weighted by atomic mass is 9.81. The Bertz CT molecular complexity index is 639. The molecule has 0 unspecified atom stereocenters. The van der Waals surface area contributed by atoms with Crippen LogP contribution >= 0.6 is 11.6 Å². The standard InChI is InChI=1S/C15H16ClFN2O3/c16-10-3-4-11(17)12(6-10)18-14(22)19-7-9-2-1-5-15(9,8-19)13(20)21/h3-4,6,9H,1-2,5,7-8H2,(H,18,22)(H,20,21)/t9-,15+/m0/s1. The first-order valence-corrected chi connectivity index (χ1v) is 7.54. The molecule has 1 aliphatic carbocycles. The maximum absolute atomic E-state index is 13.7. The summed E-state index contributed by atoms with van der Waals surface area (Å²) in [5, 5.41) is 12.3. The predicted octanol–water partition coefficient (Wildman–Crippen LogP) is 3.20. The van der Waals surface area contributed by atoms with Gasteiger partial charge in [0.05, 0.1) is 11.1 Å². The minimum absolute atomic E-state index is 0.000987. The largest absolute Gasteiger partial charge is 0.481 e. The molecule has 2 aliphatic rings. The van der Waals surface area contributed by atoms with Gasteiger partial charge >= 0.3 is 12.0 Å². The summed E-state index contributed by atoms with van der Waals surface area (Å²) in [5.41, 5.74) is -0.844. The number of urea groups is 1. The Hall–Kier alpha value is -1.82. The zero-order valence-corrected chi connectivity index (χ0v) is 12.6. The SMILES string of the molecule is O=C(Nc1cc(Cl)ccc1F)N1C[C@@H]2CCC[C@@]2(C(=O)O)C1. The van der Waals surface area contributed by atoms with E-state index < -0.39 is 23.2 Å². The normalized spacial score (nSPS) is 26.8. The number of rotatable bonds is 2. The second-order valence-electron chi connectivity index (χ2n) is 5.99. The first-order valence-electron chi connectivity index (χ1n) is 7.17. The van der Waals surface area contributed by atoms with E-state index in [0.29, 0.717) is 18.0 Å². The number of carboxylic acid groups (broad SMARTS) is 1. The van der Waals surface area contributed by atoms with Crippen LogP contribution in [0.15, 0.2) is 18.2 Å². The van der Waals surface area contributed by atoms with Gasteiger partial charge in [0.2, 0.25) is 0 Å². The Kier molecular flexibility index (Phi) is 3.72. The van der Waals surface area contributed by atoms with Crippen LogP contribution in [0.1, 0.15) is 19.3 Å². The number of nitrogens with zero attached hydrogens (tertiary/aromatic N) is 1. The molecular weight excluding hydrogens is 311 g/mol. The smallest absolute Gasteiger partial charge is 0.321 e. The molecular formula is C15H16ClFN2O3. The van der Waals surface area contributed by atoms with Gasteiger partial charge in [-0.2, -0.15) is 0 Å². The van der Waals surface area contributed by atoms with Gasteiger partial charge in [-0.15, -0.1) is 0 Å². The third-order valence-corrected chi connectivity index (χ3v) is 4.99. The molecule has 5 nitrogen and oxygen atoms in total. The van der Waals surface area contributed by atoms with E-state index in [9.17, 15) is 19.1 Å². The summed E-state index contributed by atoms with van der Waals surface area (Å²) < 4.78 is 13.7. The highest BCUT2D eigenvalue weighted by molar-refractivity contribution is 6.30. The Balaban J connectivity index is 1.75. The number of anilines is 1. The highest BCUT2D eigenvalue weighted by Gasteiger charge is 2.55. The van der Waals surface area contributed by atoms with E-state index in [1.807, 2.05) is 0 Å². The van der Waals surface area contributed by atoms with Crippen molar-refractivity contribution >= 4 is 29.3 Å². The number of fused-ring (bicyclic) bond motifs is 1. The highest BCUT2D eigenvalue weighted by Crippen LogP contribution is 2.48. The molecule has 2 amide bonds. The van der Waals surface area contributed by atoms with Crippen molar-refractivity contribution in [2.75, 3.05) is 18.4 Å². The molecule has 0 bridgehead atoms. The highest BCUT2D eigenvalue weighted by atomic mass is 35.5. The van der Waals surface area contributed by atoms with Gasteiger partial charge in [0.1, 0.15) is 5.82 Å². The summed E-state index contributed by atoms with van der Waals surface area (Å²) in [6.45, 7) is 0.557. The second-order valence-corrected chi connectivity index (χ2v) is 6.42. The molecule has 1 aromatic rings. The molecule has 1 aromatic carbocycles. The average Bonchev–Trinajstić information content (AvgIpc) is 3.00. The van der Waals surface area contributed by atoms with E-state index in [2.05, 4.69) is 5.32 Å². The number of carbonyl (C=O) groups excluding carboxylic acids is 1. The Labute approximate surface area is 132 Å². The fourth-order valence-electron chi connectivity index (χ4n) is 3.58. The molecule has 0 aromatic heterocycles. The van der Waals surface area contributed by atoms with Crippen LogP contribution in [0, 0.1) is 17.2 Å². The third-order valence-electron chi connectivity index (χ3n) is 4.75. The molecule has 2 N–H and O–H groups in total. The Morgan fingerprint density at radius 3 is 2.91 bits per heavy atom. The molecule has 1 saturated carbocycles. The summed E-state index contributed by atoms with van der Waals surface area (Å²) in [6, 6.07) is 3.41. The number of nitrogens with one attached hydrogen (secondary N) is 1. The molecule has 1 saturated heterocycles. The molecule has 1 heterocycles. The van der Waals surface area contributed by atoms with Gasteiger partial charge in [-0.25, -0.2) is 9.18 Å². The summed E-state index contributed by atoms with van der Waals surface area (Å²) in [6.07, 6.45) is 2.26. The van der Waals surface area contributed by atoms with Gasteiger partial charge in [-0.05, 0) is 37.0 Å². The van der Waals surface area contributed by atoms with Crippen molar-refractivity contribution in [3.05, 3.63) is 29.0 Å². The van der Waals surface area contributed by atoms with Gasteiger partial charge in [0.25, 0.3) is 0 Å². The number of hydrogen-bond donors (Lipinski definition) is 2. The van der Waals surface area contributed by atoms with E-state index in [0.717, 1.165) is 12.8 Å². The van der Waals surface area contributed by atoms with Crippen molar-refractivity contribution in [2.45, 2.75) is 19.3 Å². The number of amides is 2. The number of halogens is 2. The monoisotopic (exact) mass is 326 g/mol. The molecule has 22 heavy (non-hydrogen) atoms. The van der Waals surface area contributed by atoms with E-state index >= 15 is 0 Å². The van der Waals surface area contributed by atoms with Crippen LogP contribution < -0.4 is 5.32 Å². The lowest BCUT2D eigenvalue weighted by Gasteiger charge is -2.23. The van der Waals surface area contributed by atoms with E-state index in [4.69, 9.17) is 11.6 Å². The van der Waals surface area contributed by atoms with Crippen LogP contribution in [0.25, 0.3) is 0 Å². The number of carboxylic acids is 1. The quantitative estimate of drug-likeness (QED) is 0.876. The number of likely N-dealkylation sites (tertiary alicyclic amines) is 1. The maximum atomic E-state index is 13.7. The van der Waals surface area contributed by atoms with Crippen molar-refractivity contribution in [1.29, 1.82) is 0 Å². The molecule has 3 rings (SSSR count). The molecule has 2 fully saturated rings. The first-order chi connectivity index (χ1) is 10.4. The summed E-state index contributed by atoms with van der Waals surface area (Å²) in [5.74, 6) is -1.45. The minimum atomic E-state index is -0.848. The summed E-state index contributed by atoms with van der Waals surface area (Å²) in [4.78, 5) is 25.3. The van der Waals surface area contributed by atoms with Crippen molar-refractivity contribution < 1.29 is 19.1 Å². The van der Waals surface area contributed by atoms with Gasteiger partial charge in [-0.1, -0.05) is 18.0 Å². The average molecular weight is 327 g/mol. The lowest BCUT2D eigenvalue weighted by Crippen LogP contribution is -2.38. The fraction of sp³-hybridized carbons (Fsp3) is 0.467. The number of carbonyl (C=O) groups is 2. The lowest BCUT2D eigenvalue weighted by molar-refractivity contribution is -0.149. The number of hydrogen-bond acceptors (Lipinski definition) is 2. The van der Waals surface area contributed by atoms with Crippen molar-refractivity contribution in [1.82, 2.24) is 4.90 Å². The Morgan fingerprint density at radius 2 is 2.23 bits per heavy atom. The zero-order valence-electron chi connectivity index (χ0n) is 11.8. The topological polar surface area (TPSA) is 69.6 Å². The zero-order chi connectivity index (χ0) is 15.9. The van der Waals surface area contributed by atoms with Crippen LogP contribution in [0.4, 0.5) is 14.9 Å². The number of aliphatic carboxylic acids is 1. The maximum Gasteiger partial charge on any atom is 0.321 e. The summed E-state index contributed by atoms with van der Waals surface area (Å²) >= 11 is 5.79. The van der Waals surface area contributed by atoms with Crippen molar-refractivity contribution in [2.24, 2.45) is 11.3 Å². The van der Waals surface area contributed by atoms with E-state index in [1.165, 1.54) is 23.1 Å². The molecule has 0 spiro atoms. The van der Waals surface area contributed by atoms with Crippen molar-refractivity contribution in [3.63, 3.8) is 0 Å². The Morgan fingerprint density at radius 1 is 1.45 bits per heavy atom. The van der Waals surface area contributed by atoms with Crippen LogP contribution in [0.5, 0.6) is 0 Å². The van der Waals surface area contributed by atoms with Crippen LogP contribution in [-0.4, -0.2) is 35.1 Å². The van der Waals surface area contributed by atoms with Crippen molar-refractivity contribution in [3.8, 4) is 0 Å². The van der Waals surface area contributed by atoms with E-state index in [-0.39, 0.29) is 18.2 Å². The molecule has 2 atom stereocenters. The van der Waals surface area contributed by atoms with Gasteiger partial charge < -0.3 is 15.3 Å². The molecule has 0 radical (unpaired) electrons. The summed E-state index contributed by atoms with van der Waals surface area (Å²) in [7, 11) is 0. The van der Waals surface area contributed by atoms with E-state index in [1.54, 1.807) is 0 Å². The minimum Gasteiger partial charge on any atom is -0.481 e. The number of benzene rings is 1. The molecule has 7 heteroatoms. The van der Waals surface area contributed by atoms with Gasteiger partial charge in [0.15, 0.2) is 0 Å². The van der Waals surface area contributed by atoms with Crippen LogP contribution in [0.2, 0.25) is 5.02 Å². The predicted molar refractivity (Wildman–Crippen MR) is 79.4 cm³/mol. The van der Waals surface area contributed by atoms with Gasteiger partial charge in [0, 0.05) is 18.1 Å². The van der Waals surface area contributed by atoms with Crippen LogP contribution in [0.3, 0.4) is 0 Å². The molecule has 118 valence electrons. The first kappa shape index (κ1) is 15.1.